The first-order valence-electron chi connectivity index (χ1n) is 8.14. The highest BCUT2D eigenvalue weighted by Crippen LogP contribution is 2.34. The molecule has 0 aliphatic carbocycles. The molecule has 8 heteroatoms. The Morgan fingerprint density at radius 1 is 1.07 bits per heavy atom. The Kier molecular flexibility index (Phi) is 4.65. The highest BCUT2D eigenvalue weighted by molar-refractivity contribution is 7.13. The second-order valence-electron chi connectivity index (χ2n) is 6.07. The first-order valence-corrected chi connectivity index (χ1v) is 9.40. The number of aromatic amines is 1. The lowest BCUT2D eigenvalue weighted by atomic mass is 10.1. The zero-order valence-corrected chi connectivity index (χ0v) is 15.4. The van der Waals surface area contributed by atoms with Crippen molar-refractivity contribution in [1.29, 1.82) is 0 Å². The molecule has 1 N–H and O–H groups in total. The van der Waals surface area contributed by atoms with Gasteiger partial charge in [-0.2, -0.15) is 13.2 Å². The molecule has 0 saturated carbocycles. The number of benzene rings is 1. The molecule has 0 amide bonds. The average molecular weight is 408 g/mol. The number of fused-ring (bicyclic) bond motifs is 1. The van der Waals surface area contributed by atoms with E-state index in [0.717, 1.165) is 44.9 Å². The van der Waals surface area contributed by atoms with Gasteiger partial charge in [-0.3, -0.25) is 0 Å². The molecule has 0 atom stereocenters. The minimum absolute atomic E-state index is 0.422. The van der Waals surface area contributed by atoms with Crippen LogP contribution in [-0.2, 0) is 19.0 Å². The van der Waals surface area contributed by atoms with Crippen molar-refractivity contribution in [3.8, 4) is 10.6 Å². The monoisotopic (exact) mass is 407 g/mol. The minimum atomic E-state index is -4.31. The fourth-order valence-electron chi connectivity index (χ4n) is 2.88. The predicted molar refractivity (Wildman–Crippen MR) is 101 cm³/mol. The Balaban J connectivity index is 1.50. The number of thiazole rings is 1. The van der Waals surface area contributed by atoms with Crippen LogP contribution in [0.25, 0.3) is 21.5 Å². The van der Waals surface area contributed by atoms with E-state index in [2.05, 4.69) is 15.0 Å². The maximum atomic E-state index is 12.6. The SMILES string of the molecule is FC(F)(F)c1ccc(CCc2csc(-c3c[nH]c4ccnc(Cl)c34)n2)cc1. The standard InChI is InChI=1S/C19H13ClF3N3S/c20-17-16-14(9-25-15(16)7-8-24-17)18-26-13(10-27-18)6-3-11-1-4-12(5-2-11)19(21,22)23/h1-2,4-5,7-10,25H,3,6H2. The smallest absolute Gasteiger partial charge is 0.360 e. The van der Waals surface area contributed by atoms with E-state index in [-0.39, 0.29) is 0 Å². The average Bonchev–Trinajstić information content (AvgIpc) is 3.27. The van der Waals surface area contributed by atoms with E-state index < -0.39 is 11.7 Å². The summed E-state index contributed by atoms with van der Waals surface area (Å²) in [5.41, 5.74) is 2.90. The largest absolute Gasteiger partial charge is 0.416 e. The van der Waals surface area contributed by atoms with Crippen molar-refractivity contribution in [2.45, 2.75) is 19.0 Å². The van der Waals surface area contributed by atoms with Crippen molar-refractivity contribution in [2.24, 2.45) is 0 Å². The van der Waals surface area contributed by atoms with E-state index in [1.165, 1.54) is 23.5 Å². The van der Waals surface area contributed by atoms with E-state index in [1.54, 1.807) is 6.20 Å². The molecule has 0 aliphatic heterocycles. The number of aryl methyl sites for hydroxylation is 2. The Morgan fingerprint density at radius 2 is 1.85 bits per heavy atom. The zero-order chi connectivity index (χ0) is 19.0. The number of hydrogen-bond acceptors (Lipinski definition) is 3. The highest BCUT2D eigenvalue weighted by Gasteiger charge is 2.29. The molecule has 4 rings (SSSR count). The minimum Gasteiger partial charge on any atom is -0.360 e. The molecule has 1 aromatic carbocycles. The molecular formula is C19H13ClF3N3S. The van der Waals surface area contributed by atoms with Crippen LogP contribution in [0.3, 0.4) is 0 Å². The quantitative estimate of drug-likeness (QED) is 0.412. The van der Waals surface area contributed by atoms with Crippen LogP contribution in [0, 0.1) is 0 Å². The van der Waals surface area contributed by atoms with E-state index in [1.807, 2.05) is 17.6 Å². The lowest BCUT2D eigenvalue weighted by Gasteiger charge is -2.07. The maximum Gasteiger partial charge on any atom is 0.416 e. The number of alkyl halides is 3. The number of rotatable bonds is 4. The van der Waals surface area contributed by atoms with Crippen molar-refractivity contribution in [1.82, 2.24) is 15.0 Å². The molecule has 0 fully saturated rings. The molecule has 4 aromatic rings. The second kappa shape index (κ2) is 6.98. The van der Waals surface area contributed by atoms with Gasteiger partial charge in [-0.1, -0.05) is 23.7 Å². The van der Waals surface area contributed by atoms with Gasteiger partial charge in [-0.25, -0.2) is 9.97 Å². The number of nitrogens with zero attached hydrogens (tertiary/aromatic N) is 2. The van der Waals surface area contributed by atoms with Gasteiger partial charge in [0, 0.05) is 28.7 Å². The zero-order valence-electron chi connectivity index (χ0n) is 13.8. The third-order valence-electron chi connectivity index (χ3n) is 4.28. The van der Waals surface area contributed by atoms with Gasteiger partial charge in [0.05, 0.1) is 16.8 Å². The molecule has 3 aromatic heterocycles. The molecule has 0 bridgehead atoms. The van der Waals surface area contributed by atoms with Gasteiger partial charge in [-0.15, -0.1) is 11.3 Å². The maximum absolute atomic E-state index is 12.6. The summed E-state index contributed by atoms with van der Waals surface area (Å²) in [4.78, 5) is 11.9. The van der Waals surface area contributed by atoms with Crippen molar-refractivity contribution in [3.63, 3.8) is 0 Å². The van der Waals surface area contributed by atoms with Gasteiger partial charge >= 0.3 is 6.18 Å². The van der Waals surface area contributed by atoms with Crippen LogP contribution in [0.15, 0.2) is 48.1 Å². The van der Waals surface area contributed by atoms with E-state index in [4.69, 9.17) is 11.6 Å². The van der Waals surface area contributed by atoms with Gasteiger partial charge in [0.25, 0.3) is 0 Å². The fourth-order valence-corrected chi connectivity index (χ4v) is 4.02. The first-order chi connectivity index (χ1) is 12.9. The molecule has 0 spiro atoms. The Morgan fingerprint density at radius 3 is 2.59 bits per heavy atom. The van der Waals surface area contributed by atoms with E-state index in [9.17, 15) is 13.2 Å². The van der Waals surface area contributed by atoms with Gasteiger partial charge in [0.15, 0.2) is 0 Å². The number of aromatic nitrogens is 3. The van der Waals surface area contributed by atoms with Crippen LogP contribution in [-0.4, -0.2) is 15.0 Å². The summed E-state index contributed by atoms with van der Waals surface area (Å²) in [5, 5.41) is 4.05. The second-order valence-corrected chi connectivity index (χ2v) is 7.28. The Labute approximate surface area is 161 Å². The highest BCUT2D eigenvalue weighted by atomic mass is 35.5. The molecule has 3 nitrogen and oxygen atoms in total. The van der Waals surface area contributed by atoms with Gasteiger partial charge in [0.2, 0.25) is 0 Å². The number of nitrogens with one attached hydrogen (secondary N) is 1. The number of halogens is 4. The van der Waals surface area contributed by atoms with Crippen LogP contribution in [0.2, 0.25) is 5.15 Å². The van der Waals surface area contributed by atoms with Crippen molar-refractivity contribution in [2.75, 3.05) is 0 Å². The van der Waals surface area contributed by atoms with Crippen LogP contribution in [0.4, 0.5) is 13.2 Å². The molecule has 27 heavy (non-hydrogen) atoms. The van der Waals surface area contributed by atoms with Crippen molar-refractivity contribution >= 4 is 33.8 Å². The lowest BCUT2D eigenvalue weighted by Crippen LogP contribution is -2.04. The molecular weight excluding hydrogens is 395 g/mol. The van der Waals surface area contributed by atoms with Gasteiger partial charge < -0.3 is 4.98 Å². The third kappa shape index (κ3) is 3.70. The molecule has 3 heterocycles. The summed E-state index contributed by atoms with van der Waals surface area (Å²) in [5.74, 6) is 0. The first kappa shape index (κ1) is 18.0. The van der Waals surface area contributed by atoms with Gasteiger partial charge in [0.1, 0.15) is 10.2 Å². The summed E-state index contributed by atoms with van der Waals surface area (Å²) >= 11 is 7.72. The molecule has 138 valence electrons. The fraction of sp³-hybridized carbons (Fsp3) is 0.158. The van der Waals surface area contributed by atoms with E-state index >= 15 is 0 Å². The van der Waals surface area contributed by atoms with Crippen molar-refractivity contribution in [3.05, 3.63) is 70.1 Å². The van der Waals surface area contributed by atoms with Crippen LogP contribution in [0.5, 0.6) is 0 Å². The summed E-state index contributed by atoms with van der Waals surface area (Å²) in [6, 6.07) is 7.11. The predicted octanol–water partition coefficient (Wildman–Crippen LogP) is 6.14. The summed E-state index contributed by atoms with van der Waals surface area (Å²) in [6.07, 6.45) is 0.463. The van der Waals surface area contributed by atoms with Crippen LogP contribution >= 0.6 is 22.9 Å². The number of H-pyrrole nitrogens is 1. The van der Waals surface area contributed by atoms with Crippen molar-refractivity contribution < 1.29 is 13.2 Å². The topological polar surface area (TPSA) is 41.6 Å². The molecule has 0 radical (unpaired) electrons. The molecule has 0 saturated heterocycles. The summed E-state index contributed by atoms with van der Waals surface area (Å²) in [7, 11) is 0. The normalized spacial score (nSPS) is 12.0. The third-order valence-corrected chi connectivity index (χ3v) is 5.49. The number of hydrogen-bond donors (Lipinski definition) is 1. The Hall–Kier alpha value is -2.38. The van der Waals surface area contributed by atoms with Crippen LogP contribution in [0.1, 0.15) is 16.8 Å². The van der Waals surface area contributed by atoms with E-state index in [0.29, 0.717) is 18.0 Å². The van der Waals surface area contributed by atoms with Gasteiger partial charge in [-0.05, 0) is 36.6 Å². The summed E-state index contributed by atoms with van der Waals surface area (Å²) < 4.78 is 37.9. The summed E-state index contributed by atoms with van der Waals surface area (Å²) in [6.45, 7) is 0. The number of pyridine rings is 1. The molecule has 0 unspecified atom stereocenters. The Bertz CT molecular complexity index is 1080. The molecule has 0 aliphatic rings. The lowest BCUT2D eigenvalue weighted by molar-refractivity contribution is -0.137. The van der Waals surface area contributed by atoms with Crippen LogP contribution < -0.4 is 0 Å².